The van der Waals surface area contributed by atoms with Gasteiger partial charge in [0, 0.05) is 26.1 Å². The van der Waals surface area contributed by atoms with Crippen LogP contribution in [-0.4, -0.2) is 38.9 Å². The van der Waals surface area contributed by atoms with E-state index in [1.807, 2.05) is 37.8 Å². The van der Waals surface area contributed by atoms with E-state index in [0.29, 0.717) is 10.8 Å². The highest BCUT2D eigenvalue weighted by Crippen LogP contribution is 2.36. The number of sulfonamides is 1. The van der Waals surface area contributed by atoms with Gasteiger partial charge in [-0.05, 0) is 56.6 Å². The lowest BCUT2D eigenvalue weighted by Crippen LogP contribution is -2.45. The first-order valence-corrected chi connectivity index (χ1v) is 11.6. The van der Waals surface area contributed by atoms with Gasteiger partial charge in [-0.25, -0.2) is 13.1 Å². The number of benzene rings is 1. The lowest BCUT2D eigenvalue weighted by molar-refractivity contribution is -0.134. The molecule has 1 aliphatic heterocycles. The van der Waals surface area contributed by atoms with E-state index in [0.717, 1.165) is 42.1 Å². The Morgan fingerprint density at radius 2 is 1.70 bits per heavy atom. The van der Waals surface area contributed by atoms with Crippen LogP contribution in [-0.2, 0) is 14.8 Å². The first kappa shape index (κ1) is 20.3. The average molecular weight is 393 g/mol. The van der Waals surface area contributed by atoms with Gasteiger partial charge in [0.2, 0.25) is 15.9 Å². The van der Waals surface area contributed by atoms with E-state index in [4.69, 9.17) is 0 Å². The Bertz CT molecular complexity index is 781. The number of aryl methyl sites for hydroxylation is 3. The van der Waals surface area contributed by atoms with Gasteiger partial charge in [0.1, 0.15) is 0 Å². The number of carbonyl (C=O) groups excluding carboxylic acids is 1. The third kappa shape index (κ3) is 4.72. The summed E-state index contributed by atoms with van der Waals surface area (Å²) in [6, 6.07) is 3.75. The van der Waals surface area contributed by atoms with Crippen molar-refractivity contribution in [3.63, 3.8) is 0 Å². The predicted molar refractivity (Wildman–Crippen MR) is 107 cm³/mol. The fourth-order valence-corrected chi connectivity index (χ4v) is 6.42. The number of likely N-dealkylation sites (tertiary alicyclic amines) is 1. The Kier molecular flexibility index (Phi) is 6.26. The van der Waals surface area contributed by atoms with Crippen LogP contribution in [0.25, 0.3) is 0 Å². The molecule has 1 amide bonds. The number of hydrogen-bond donors (Lipinski definition) is 1. The van der Waals surface area contributed by atoms with Crippen molar-refractivity contribution in [1.29, 1.82) is 0 Å². The standard InChI is InChI=1S/C21H32N2O3S/c1-15-12-16(2)21(17(3)13-15)27(25,26)22-10-8-20(24)23-11-9-18-6-4-5-7-19(18)14-23/h12-13,18-19,22H,4-11,14H2,1-3H3/t18-,19-/m0/s1. The van der Waals surface area contributed by atoms with Crippen molar-refractivity contribution < 1.29 is 13.2 Å². The highest BCUT2D eigenvalue weighted by Gasteiger charge is 2.32. The minimum absolute atomic E-state index is 0.0686. The molecule has 1 saturated carbocycles. The third-order valence-corrected chi connectivity index (χ3v) is 7.91. The molecule has 27 heavy (non-hydrogen) atoms. The zero-order valence-corrected chi connectivity index (χ0v) is 17.6. The van der Waals surface area contributed by atoms with Gasteiger partial charge in [-0.3, -0.25) is 4.79 Å². The minimum Gasteiger partial charge on any atom is -0.342 e. The molecule has 1 aliphatic carbocycles. The van der Waals surface area contributed by atoms with E-state index in [1.165, 1.54) is 25.7 Å². The van der Waals surface area contributed by atoms with Crippen molar-refractivity contribution in [1.82, 2.24) is 9.62 Å². The summed E-state index contributed by atoms with van der Waals surface area (Å²) in [6.45, 7) is 7.41. The fraction of sp³-hybridized carbons (Fsp3) is 0.667. The van der Waals surface area contributed by atoms with Crippen LogP contribution in [0.5, 0.6) is 0 Å². The Morgan fingerprint density at radius 3 is 2.37 bits per heavy atom. The average Bonchev–Trinajstić information content (AvgIpc) is 2.59. The second kappa shape index (κ2) is 8.31. The Hall–Kier alpha value is -1.40. The molecular formula is C21H32N2O3S. The van der Waals surface area contributed by atoms with Gasteiger partial charge >= 0.3 is 0 Å². The van der Waals surface area contributed by atoms with Crippen LogP contribution in [0.1, 0.15) is 55.2 Å². The first-order valence-electron chi connectivity index (χ1n) is 10.1. The molecule has 0 aromatic heterocycles. The summed E-state index contributed by atoms with van der Waals surface area (Å²) >= 11 is 0. The van der Waals surface area contributed by atoms with Crippen LogP contribution in [0.4, 0.5) is 0 Å². The molecule has 1 saturated heterocycles. The molecule has 1 aromatic carbocycles. The monoisotopic (exact) mass is 392 g/mol. The van der Waals surface area contributed by atoms with Crippen LogP contribution >= 0.6 is 0 Å². The topological polar surface area (TPSA) is 66.5 Å². The van der Waals surface area contributed by atoms with Crippen molar-refractivity contribution in [3.05, 3.63) is 28.8 Å². The number of nitrogens with one attached hydrogen (secondary N) is 1. The summed E-state index contributed by atoms with van der Waals surface area (Å²) in [4.78, 5) is 14.8. The first-order chi connectivity index (χ1) is 12.8. The van der Waals surface area contributed by atoms with Crippen molar-refractivity contribution >= 4 is 15.9 Å². The van der Waals surface area contributed by atoms with E-state index in [-0.39, 0.29) is 18.9 Å². The Labute approximate surface area is 163 Å². The summed E-state index contributed by atoms with van der Waals surface area (Å²) in [7, 11) is -3.60. The smallest absolute Gasteiger partial charge is 0.241 e. The predicted octanol–water partition coefficient (Wildman–Crippen LogP) is 3.32. The molecule has 2 fully saturated rings. The molecule has 150 valence electrons. The van der Waals surface area contributed by atoms with E-state index < -0.39 is 10.0 Å². The maximum absolute atomic E-state index is 12.7. The summed E-state index contributed by atoms with van der Waals surface area (Å²) in [6.07, 6.45) is 6.46. The minimum atomic E-state index is -3.60. The number of nitrogens with zero attached hydrogens (tertiary/aromatic N) is 1. The van der Waals surface area contributed by atoms with Crippen molar-refractivity contribution in [2.75, 3.05) is 19.6 Å². The molecule has 2 atom stereocenters. The quantitative estimate of drug-likeness (QED) is 0.836. The number of piperidine rings is 1. The maximum atomic E-state index is 12.7. The van der Waals surface area contributed by atoms with Gasteiger partial charge in [0.25, 0.3) is 0 Å². The van der Waals surface area contributed by atoms with E-state index in [1.54, 1.807) is 0 Å². The highest BCUT2D eigenvalue weighted by atomic mass is 32.2. The third-order valence-electron chi connectivity index (χ3n) is 6.15. The van der Waals surface area contributed by atoms with E-state index in [9.17, 15) is 13.2 Å². The summed E-state index contributed by atoms with van der Waals surface area (Å²) in [5.41, 5.74) is 2.53. The zero-order chi connectivity index (χ0) is 19.6. The van der Waals surface area contributed by atoms with Crippen molar-refractivity contribution in [2.24, 2.45) is 11.8 Å². The molecule has 0 spiro atoms. The molecule has 5 nitrogen and oxygen atoms in total. The zero-order valence-electron chi connectivity index (χ0n) is 16.8. The maximum Gasteiger partial charge on any atom is 0.241 e. The normalized spacial score (nSPS) is 23.1. The van der Waals surface area contributed by atoms with Crippen LogP contribution in [0.15, 0.2) is 17.0 Å². The van der Waals surface area contributed by atoms with Gasteiger partial charge in [0.15, 0.2) is 0 Å². The molecule has 1 aromatic rings. The van der Waals surface area contributed by atoms with Crippen molar-refractivity contribution in [3.8, 4) is 0 Å². The van der Waals surface area contributed by atoms with E-state index in [2.05, 4.69) is 4.72 Å². The summed E-state index contributed by atoms with van der Waals surface area (Å²) in [5, 5.41) is 0. The fourth-order valence-electron chi connectivity index (χ4n) is 4.94. The second-order valence-corrected chi connectivity index (χ2v) is 10.0. The second-order valence-electron chi connectivity index (χ2n) is 8.31. The Balaban J connectivity index is 1.55. The number of hydrogen-bond acceptors (Lipinski definition) is 3. The molecule has 6 heteroatoms. The van der Waals surface area contributed by atoms with Gasteiger partial charge in [-0.15, -0.1) is 0 Å². The summed E-state index contributed by atoms with van der Waals surface area (Å²) < 4.78 is 28.0. The van der Waals surface area contributed by atoms with Gasteiger partial charge in [0.05, 0.1) is 4.90 Å². The molecule has 0 unspecified atom stereocenters. The molecule has 1 N–H and O–H groups in total. The molecule has 1 heterocycles. The number of fused-ring (bicyclic) bond motifs is 1. The molecule has 3 rings (SSSR count). The molecule has 2 aliphatic rings. The van der Waals surface area contributed by atoms with Crippen LogP contribution in [0.3, 0.4) is 0 Å². The van der Waals surface area contributed by atoms with Crippen molar-refractivity contribution in [2.45, 2.75) is 64.2 Å². The van der Waals surface area contributed by atoms with Crippen LogP contribution in [0.2, 0.25) is 0 Å². The SMILES string of the molecule is Cc1cc(C)c(S(=O)(=O)NCCC(=O)N2CC[C@@H]3CCCC[C@H]3C2)c(C)c1. The molecular weight excluding hydrogens is 360 g/mol. The number of rotatable bonds is 5. The van der Waals surface area contributed by atoms with Gasteiger partial charge in [-0.1, -0.05) is 37.0 Å². The highest BCUT2D eigenvalue weighted by molar-refractivity contribution is 7.89. The van der Waals surface area contributed by atoms with Crippen LogP contribution in [0, 0.1) is 32.6 Å². The number of amides is 1. The van der Waals surface area contributed by atoms with Crippen LogP contribution < -0.4 is 4.72 Å². The molecule has 0 bridgehead atoms. The lowest BCUT2D eigenvalue weighted by Gasteiger charge is -2.41. The number of carbonyl (C=O) groups is 1. The van der Waals surface area contributed by atoms with E-state index >= 15 is 0 Å². The molecule has 0 radical (unpaired) electrons. The Morgan fingerprint density at radius 1 is 1.07 bits per heavy atom. The largest absolute Gasteiger partial charge is 0.342 e. The van der Waals surface area contributed by atoms with Gasteiger partial charge < -0.3 is 4.90 Å². The lowest BCUT2D eigenvalue weighted by atomic mass is 9.75. The summed E-state index contributed by atoms with van der Waals surface area (Å²) in [5.74, 6) is 1.50. The van der Waals surface area contributed by atoms with Gasteiger partial charge in [-0.2, -0.15) is 0 Å².